The Morgan fingerprint density at radius 2 is 2.04 bits per heavy atom. The number of nitriles is 1. The first-order valence-electron chi connectivity index (χ1n) is 8.83. The zero-order valence-electron chi connectivity index (χ0n) is 14.7. The van der Waals surface area contributed by atoms with Crippen molar-refractivity contribution >= 4 is 17.7 Å². The second-order valence-corrected chi connectivity index (χ2v) is 7.35. The maximum absolute atomic E-state index is 11.9. The molecule has 1 amide bonds. The van der Waals surface area contributed by atoms with Crippen LogP contribution in [0.2, 0.25) is 0 Å². The molecule has 26 heavy (non-hydrogen) atoms. The highest BCUT2D eigenvalue weighted by Gasteiger charge is 2.11. The first-order valence-corrected chi connectivity index (χ1v) is 9.99. The predicted octanol–water partition coefficient (Wildman–Crippen LogP) is 3.48. The number of rotatable bonds is 8. The molecule has 0 spiro atoms. The van der Waals surface area contributed by atoms with E-state index in [1.165, 1.54) is 17.5 Å². The maximum Gasteiger partial charge on any atom is 0.257 e. The molecule has 134 valence electrons. The number of carbonyl (C=O) groups is 1. The molecule has 0 radical (unpaired) electrons. The molecular weight excluding hydrogens is 344 g/mol. The minimum Gasteiger partial charge on any atom is -0.484 e. The van der Waals surface area contributed by atoms with E-state index < -0.39 is 0 Å². The topological polar surface area (TPSA) is 62.1 Å². The molecule has 0 atom stereocenters. The Labute approximate surface area is 158 Å². The summed E-state index contributed by atoms with van der Waals surface area (Å²) in [6.45, 7) is 0.631. The van der Waals surface area contributed by atoms with Crippen LogP contribution >= 0.6 is 11.8 Å². The van der Waals surface area contributed by atoms with E-state index in [9.17, 15) is 4.79 Å². The standard InChI is InChI=1S/C21H22N2O2S/c22-13-18-4-1-2-5-19(18)15-26-11-10-23-21(24)14-25-20-9-8-16-6-3-7-17(16)12-20/h1-2,4-5,8-9,12H,3,6-7,10-11,14-15H2,(H,23,24). The molecule has 3 rings (SSSR count). The molecule has 0 fully saturated rings. The number of nitrogens with one attached hydrogen (secondary N) is 1. The van der Waals surface area contributed by atoms with Gasteiger partial charge in [0.05, 0.1) is 11.6 Å². The van der Waals surface area contributed by atoms with Crippen molar-refractivity contribution in [3.05, 3.63) is 64.7 Å². The Bertz CT molecular complexity index is 814. The Hall–Kier alpha value is -2.45. The highest BCUT2D eigenvalue weighted by Crippen LogP contribution is 2.25. The summed E-state index contributed by atoms with van der Waals surface area (Å²) in [7, 11) is 0. The molecule has 0 aromatic heterocycles. The average Bonchev–Trinajstić information content (AvgIpc) is 3.14. The van der Waals surface area contributed by atoms with E-state index in [0.29, 0.717) is 12.1 Å². The largest absolute Gasteiger partial charge is 0.484 e. The molecular formula is C21H22N2O2S. The number of nitrogens with zero attached hydrogens (tertiary/aromatic N) is 1. The number of benzene rings is 2. The van der Waals surface area contributed by atoms with Crippen LogP contribution in [0.1, 0.15) is 28.7 Å². The Morgan fingerprint density at radius 1 is 1.19 bits per heavy atom. The summed E-state index contributed by atoms with van der Waals surface area (Å²) in [5.41, 5.74) is 4.49. The smallest absolute Gasteiger partial charge is 0.257 e. The van der Waals surface area contributed by atoms with Crippen molar-refractivity contribution in [2.24, 2.45) is 0 Å². The lowest BCUT2D eigenvalue weighted by Gasteiger charge is -2.09. The van der Waals surface area contributed by atoms with E-state index in [-0.39, 0.29) is 12.5 Å². The summed E-state index contributed by atoms with van der Waals surface area (Å²) in [5, 5.41) is 11.9. The second kappa shape index (κ2) is 9.30. The first-order chi connectivity index (χ1) is 12.8. The molecule has 0 heterocycles. The third kappa shape index (κ3) is 5.03. The quantitative estimate of drug-likeness (QED) is 0.727. The van der Waals surface area contributed by atoms with Crippen LogP contribution in [0, 0.1) is 11.3 Å². The number of carbonyl (C=O) groups excluding carboxylic acids is 1. The Balaban J connectivity index is 1.33. The molecule has 2 aromatic rings. The summed E-state index contributed by atoms with van der Waals surface area (Å²) in [6.07, 6.45) is 3.45. The summed E-state index contributed by atoms with van der Waals surface area (Å²) < 4.78 is 5.59. The molecule has 5 heteroatoms. The van der Waals surface area contributed by atoms with Crippen molar-refractivity contribution < 1.29 is 9.53 Å². The van der Waals surface area contributed by atoms with Gasteiger partial charge in [-0.05, 0) is 54.2 Å². The van der Waals surface area contributed by atoms with Gasteiger partial charge >= 0.3 is 0 Å². The first kappa shape index (κ1) is 18.3. The minimum atomic E-state index is -0.108. The monoisotopic (exact) mass is 366 g/mol. The van der Waals surface area contributed by atoms with Crippen LogP contribution in [0.25, 0.3) is 0 Å². The fraction of sp³-hybridized carbons (Fsp3) is 0.333. The van der Waals surface area contributed by atoms with Crippen molar-refractivity contribution in [2.75, 3.05) is 18.9 Å². The highest BCUT2D eigenvalue weighted by molar-refractivity contribution is 7.98. The second-order valence-electron chi connectivity index (χ2n) is 6.24. The normalized spacial score (nSPS) is 12.3. The number of amides is 1. The zero-order valence-corrected chi connectivity index (χ0v) is 15.5. The van der Waals surface area contributed by atoms with Crippen LogP contribution in [0.5, 0.6) is 5.75 Å². The van der Waals surface area contributed by atoms with E-state index >= 15 is 0 Å². The molecule has 0 aliphatic heterocycles. The van der Waals surface area contributed by atoms with Crippen LogP contribution in [0.4, 0.5) is 0 Å². The molecule has 0 saturated carbocycles. The van der Waals surface area contributed by atoms with Gasteiger partial charge in [0, 0.05) is 18.1 Å². The van der Waals surface area contributed by atoms with E-state index in [2.05, 4.69) is 23.5 Å². The minimum absolute atomic E-state index is 0.0424. The van der Waals surface area contributed by atoms with E-state index in [1.807, 2.05) is 30.3 Å². The van der Waals surface area contributed by atoms with Gasteiger partial charge in [0.15, 0.2) is 6.61 Å². The van der Waals surface area contributed by atoms with Crippen molar-refractivity contribution in [3.63, 3.8) is 0 Å². The molecule has 1 aliphatic rings. The Morgan fingerprint density at radius 3 is 2.92 bits per heavy atom. The number of hydrogen-bond donors (Lipinski definition) is 1. The average molecular weight is 366 g/mol. The number of fused-ring (bicyclic) bond motifs is 1. The molecule has 1 N–H and O–H groups in total. The third-order valence-corrected chi connectivity index (χ3v) is 5.41. The van der Waals surface area contributed by atoms with Gasteiger partial charge in [0.25, 0.3) is 5.91 Å². The van der Waals surface area contributed by atoms with Crippen molar-refractivity contribution in [1.29, 1.82) is 5.26 Å². The van der Waals surface area contributed by atoms with Crippen molar-refractivity contribution in [1.82, 2.24) is 5.32 Å². The van der Waals surface area contributed by atoms with Crippen LogP contribution in [0.15, 0.2) is 42.5 Å². The lowest BCUT2D eigenvalue weighted by molar-refractivity contribution is -0.122. The van der Waals surface area contributed by atoms with Crippen molar-refractivity contribution in [2.45, 2.75) is 25.0 Å². The van der Waals surface area contributed by atoms with Crippen LogP contribution in [-0.2, 0) is 23.4 Å². The predicted molar refractivity (Wildman–Crippen MR) is 104 cm³/mol. The van der Waals surface area contributed by atoms with Gasteiger partial charge in [-0.1, -0.05) is 24.3 Å². The van der Waals surface area contributed by atoms with Gasteiger partial charge in [0.1, 0.15) is 5.75 Å². The zero-order chi connectivity index (χ0) is 18.2. The number of hydrogen-bond acceptors (Lipinski definition) is 4. The SMILES string of the molecule is N#Cc1ccccc1CSCCNC(=O)COc1ccc2c(c1)CCC2. The van der Waals surface area contributed by atoms with Crippen LogP contribution in [0.3, 0.4) is 0 Å². The summed E-state index contributed by atoms with van der Waals surface area (Å²) in [4.78, 5) is 11.9. The molecule has 2 aromatic carbocycles. The maximum atomic E-state index is 11.9. The summed E-state index contributed by atoms with van der Waals surface area (Å²) >= 11 is 1.70. The number of aryl methyl sites for hydroxylation is 2. The van der Waals surface area contributed by atoms with E-state index in [4.69, 9.17) is 10.00 Å². The fourth-order valence-corrected chi connectivity index (χ4v) is 3.90. The van der Waals surface area contributed by atoms with Gasteiger partial charge in [-0.25, -0.2) is 0 Å². The van der Waals surface area contributed by atoms with Gasteiger partial charge in [0.2, 0.25) is 0 Å². The third-order valence-electron chi connectivity index (χ3n) is 4.40. The van der Waals surface area contributed by atoms with Gasteiger partial charge in [-0.15, -0.1) is 0 Å². The van der Waals surface area contributed by atoms with Gasteiger partial charge in [-0.3, -0.25) is 4.79 Å². The molecule has 0 bridgehead atoms. The molecule has 1 aliphatic carbocycles. The van der Waals surface area contributed by atoms with E-state index in [0.717, 1.165) is 35.7 Å². The molecule has 0 saturated heterocycles. The lowest BCUT2D eigenvalue weighted by Crippen LogP contribution is -2.30. The van der Waals surface area contributed by atoms with Gasteiger partial charge < -0.3 is 10.1 Å². The van der Waals surface area contributed by atoms with E-state index in [1.54, 1.807) is 11.8 Å². The lowest BCUT2D eigenvalue weighted by atomic mass is 10.1. The summed E-state index contributed by atoms with van der Waals surface area (Å²) in [5.74, 6) is 2.22. The Kier molecular flexibility index (Phi) is 6.56. The number of ether oxygens (including phenoxy) is 1. The van der Waals surface area contributed by atoms with Crippen LogP contribution < -0.4 is 10.1 Å². The fourth-order valence-electron chi connectivity index (χ4n) is 3.04. The molecule has 0 unspecified atom stereocenters. The van der Waals surface area contributed by atoms with Crippen LogP contribution in [-0.4, -0.2) is 24.8 Å². The van der Waals surface area contributed by atoms with Crippen molar-refractivity contribution in [3.8, 4) is 11.8 Å². The summed E-state index contributed by atoms with van der Waals surface area (Å²) in [6, 6.07) is 15.9. The van der Waals surface area contributed by atoms with Gasteiger partial charge in [-0.2, -0.15) is 17.0 Å². The molecule has 4 nitrogen and oxygen atoms in total. The highest BCUT2D eigenvalue weighted by atomic mass is 32.2. The number of thioether (sulfide) groups is 1.